The first-order valence-corrected chi connectivity index (χ1v) is 14.5. The zero-order valence-corrected chi connectivity index (χ0v) is 20.5. The molecule has 0 N–H and O–H groups in total. The van der Waals surface area contributed by atoms with Gasteiger partial charge in [0.05, 0.1) is 18.5 Å². The number of thiophene rings is 1. The lowest BCUT2D eigenvalue weighted by molar-refractivity contribution is 0.0584. The number of aromatic nitrogens is 2. The first kappa shape index (κ1) is 20.5. The minimum atomic E-state index is -1.79. The van der Waals surface area contributed by atoms with Crippen molar-refractivity contribution in [3.05, 3.63) is 38.6 Å². The normalized spacial score (nSPS) is 23.2. The van der Waals surface area contributed by atoms with Gasteiger partial charge in [-0.15, -0.1) is 11.3 Å². The van der Waals surface area contributed by atoms with Gasteiger partial charge in [-0.25, -0.2) is 4.98 Å². The van der Waals surface area contributed by atoms with Gasteiger partial charge in [0.25, 0.3) is 0 Å². The van der Waals surface area contributed by atoms with E-state index in [9.17, 15) is 0 Å². The molecule has 0 spiro atoms. The maximum absolute atomic E-state index is 6.98. The molecule has 0 radical (unpaired) electrons. The zero-order chi connectivity index (χ0) is 18.9. The van der Waals surface area contributed by atoms with Crippen molar-refractivity contribution in [3.8, 4) is 0 Å². The third-order valence-electron chi connectivity index (χ3n) is 6.17. The molecule has 2 aromatic rings. The van der Waals surface area contributed by atoms with E-state index in [1.54, 1.807) is 0 Å². The molecule has 1 aliphatic carbocycles. The van der Waals surface area contributed by atoms with Crippen molar-refractivity contribution >= 4 is 42.2 Å². The van der Waals surface area contributed by atoms with Gasteiger partial charge in [0.1, 0.15) is 0 Å². The van der Waals surface area contributed by atoms with Crippen LogP contribution in [0.15, 0.2) is 30.2 Å². The summed E-state index contributed by atoms with van der Waals surface area (Å²) in [6.45, 7) is 11.8. The molecule has 6 heteroatoms. The predicted octanol–water partition coefficient (Wildman–Crippen LogP) is 6.72. The summed E-state index contributed by atoms with van der Waals surface area (Å²) in [6, 6.07) is 2.57. The van der Waals surface area contributed by atoms with Crippen molar-refractivity contribution in [1.82, 2.24) is 9.55 Å². The van der Waals surface area contributed by atoms with Gasteiger partial charge < -0.3 is 8.99 Å². The number of halogens is 1. The zero-order valence-electron chi connectivity index (χ0n) is 16.5. The standard InChI is InChI=1S/C20H31IN2OSSi/c1-20(2,3)26(4,5)24-17-9-7-6-8-15(17)18(23-12-11-22-14-23)19-16(21)10-13-25-19/h10-15,17-18H,6-9H2,1-5H3. The van der Waals surface area contributed by atoms with Crippen LogP contribution < -0.4 is 0 Å². The Morgan fingerprint density at radius 3 is 2.62 bits per heavy atom. The van der Waals surface area contributed by atoms with Crippen LogP contribution in [0.25, 0.3) is 0 Å². The second-order valence-electron chi connectivity index (χ2n) is 8.95. The molecule has 2 heterocycles. The van der Waals surface area contributed by atoms with Crippen molar-refractivity contribution in [1.29, 1.82) is 0 Å². The summed E-state index contributed by atoms with van der Waals surface area (Å²) in [5, 5.41) is 2.46. The molecule has 26 heavy (non-hydrogen) atoms. The van der Waals surface area contributed by atoms with Crippen LogP contribution in [0.3, 0.4) is 0 Å². The summed E-state index contributed by atoms with van der Waals surface area (Å²) >= 11 is 4.36. The Kier molecular flexibility index (Phi) is 6.36. The molecule has 3 nitrogen and oxygen atoms in total. The summed E-state index contributed by atoms with van der Waals surface area (Å²) in [6.07, 6.45) is 11.4. The molecule has 0 aromatic carbocycles. The Labute approximate surface area is 176 Å². The molecular formula is C20H31IN2OSSi. The second-order valence-corrected chi connectivity index (χ2v) is 15.8. The molecule has 1 saturated carbocycles. The van der Waals surface area contributed by atoms with E-state index < -0.39 is 8.32 Å². The van der Waals surface area contributed by atoms with Gasteiger partial charge in [0.15, 0.2) is 8.32 Å². The van der Waals surface area contributed by atoms with Crippen LogP contribution in [0.2, 0.25) is 18.1 Å². The third-order valence-corrected chi connectivity index (χ3v) is 13.0. The van der Waals surface area contributed by atoms with Crippen LogP contribution in [-0.4, -0.2) is 24.0 Å². The summed E-state index contributed by atoms with van der Waals surface area (Å²) in [4.78, 5) is 5.81. The van der Waals surface area contributed by atoms with Crippen molar-refractivity contribution in [2.24, 2.45) is 5.92 Å². The monoisotopic (exact) mass is 502 g/mol. The van der Waals surface area contributed by atoms with Gasteiger partial charge in [-0.3, -0.25) is 0 Å². The van der Waals surface area contributed by atoms with Gasteiger partial charge in [-0.2, -0.15) is 0 Å². The van der Waals surface area contributed by atoms with E-state index in [-0.39, 0.29) is 5.04 Å². The minimum absolute atomic E-state index is 0.247. The van der Waals surface area contributed by atoms with Gasteiger partial charge in [0, 0.05) is 26.8 Å². The van der Waals surface area contributed by atoms with E-state index >= 15 is 0 Å². The Morgan fingerprint density at radius 1 is 1.31 bits per heavy atom. The molecule has 1 aliphatic rings. The highest BCUT2D eigenvalue weighted by Crippen LogP contribution is 2.45. The smallest absolute Gasteiger partial charge is 0.192 e. The van der Waals surface area contributed by atoms with Crippen LogP contribution in [0.5, 0.6) is 0 Å². The fraction of sp³-hybridized carbons (Fsp3) is 0.650. The summed E-state index contributed by atoms with van der Waals surface area (Å²) in [5.41, 5.74) is 0. The highest BCUT2D eigenvalue weighted by Gasteiger charge is 2.43. The fourth-order valence-corrected chi connectivity index (χ4v) is 7.18. The number of hydrogen-bond acceptors (Lipinski definition) is 3. The topological polar surface area (TPSA) is 27.1 Å². The van der Waals surface area contributed by atoms with E-state index in [4.69, 9.17) is 4.43 Å². The Bertz CT molecular complexity index is 708. The van der Waals surface area contributed by atoms with E-state index in [0.29, 0.717) is 18.1 Å². The summed E-state index contributed by atoms with van der Waals surface area (Å²) < 4.78 is 10.7. The Balaban J connectivity index is 1.95. The molecular weight excluding hydrogens is 471 g/mol. The fourth-order valence-electron chi connectivity index (χ4n) is 3.69. The summed E-state index contributed by atoms with van der Waals surface area (Å²) in [5.74, 6) is 0.513. The number of hydrogen-bond donors (Lipinski definition) is 0. The SMILES string of the molecule is CC(C)(C)[Si](C)(C)OC1CCCCC1C(c1sccc1I)n1ccnc1. The van der Waals surface area contributed by atoms with Crippen molar-refractivity contribution < 1.29 is 4.43 Å². The van der Waals surface area contributed by atoms with Crippen molar-refractivity contribution in [3.63, 3.8) is 0 Å². The molecule has 2 aromatic heterocycles. The average molecular weight is 503 g/mol. The number of imidazole rings is 1. The van der Waals surface area contributed by atoms with Crippen LogP contribution >= 0.6 is 33.9 Å². The van der Waals surface area contributed by atoms with E-state index in [1.807, 2.05) is 23.9 Å². The lowest BCUT2D eigenvalue weighted by atomic mass is 9.81. The van der Waals surface area contributed by atoms with Crippen molar-refractivity contribution in [2.75, 3.05) is 0 Å². The molecule has 1 fully saturated rings. The average Bonchev–Trinajstić information content (AvgIpc) is 3.21. The molecule has 3 unspecified atom stereocenters. The van der Waals surface area contributed by atoms with Crippen molar-refractivity contribution in [2.45, 2.75) is 76.7 Å². The molecule has 3 atom stereocenters. The highest BCUT2D eigenvalue weighted by molar-refractivity contribution is 14.1. The van der Waals surface area contributed by atoms with E-state index in [0.717, 1.165) is 0 Å². The van der Waals surface area contributed by atoms with E-state index in [2.05, 4.69) is 83.7 Å². The van der Waals surface area contributed by atoms with Gasteiger partial charge in [-0.05, 0) is 65.0 Å². The molecule has 0 aliphatic heterocycles. The van der Waals surface area contributed by atoms with Gasteiger partial charge in [-0.1, -0.05) is 33.6 Å². The number of nitrogens with zero attached hydrogens (tertiary/aromatic N) is 2. The Hall–Kier alpha value is -0.183. The van der Waals surface area contributed by atoms with Crippen LogP contribution in [0.1, 0.15) is 57.4 Å². The Morgan fingerprint density at radius 2 is 2.04 bits per heavy atom. The van der Waals surface area contributed by atoms with Crippen LogP contribution in [0, 0.1) is 9.49 Å². The van der Waals surface area contributed by atoms with Gasteiger partial charge in [0.2, 0.25) is 0 Å². The molecule has 144 valence electrons. The summed E-state index contributed by atoms with van der Waals surface area (Å²) in [7, 11) is -1.79. The highest BCUT2D eigenvalue weighted by atomic mass is 127. The number of rotatable bonds is 5. The first-order valence-electron chi connectivity index (χ1n) is 9.59. The third kappa shape index (κ3) is 4.28. The second kappa shape index (κ2) is 8.05. The predicted molar refractivity (Wildman–Crippen MR) is 121 cm³/mol. The van der Waals surface area contributed by atoms with E-state index in [1.165, 1.54) is 34.1 Å². The molecule has 0 saturated heterocycles. The largest absolute Gasteiger partial charge is 0.414 e. The maximum atomic E-state index is 6.98. The van der Waals surface area contributed by atoms with Crippen LogP contribution in [-0.2, 0) is 4.43 Å². The molecule has 3 rings (SSSR count). The lowest BCUT2D eigenvalue weighted by Gasteiger charge is -2.45. The first-order chi connectivity index (χ1) is 12.2. The molecule has 0 amide bonds. The lowest BCUT2D eigenvalue weighted by Crippen LogP contribution is -2.48. The maximum Gasteiger partial charge on any atom is 0.192 e. The van der Waals surface area contributed by atoms with Gasteiger partial charge >= 0.3 is 0 Å². The molecule has 0 bridgehead atoms. The van der Waals surface area contributed by atoms with Crippen LogP contribution in [0.4, 0.5) is 0 Å². The quantitative estimate of drug-likeness (QED) is 0.335. The minimum Gasteiger partial charge on any atom is -0.414 e.